The van der Waals surface area contributed by atoms with Crippen LogP contribution in [0.4, 0.5) is 0 Å². The van der Waals surface area contributed by atoms with E-state index >= 15 is 0 Å². The summed E-state index contributed by atoms with van der Waals surface area (Å²) < 4.78 is 16.1. The predicted octanol–water partition coefficient (Wildman–Crippen LogP) is 1.96. The summed E-state index contributed by atoms with van der Waals surface area (Å²) in [5.41, 5.74) is 3.50. The second-order valence-corrected chi connectivity index (χ2v) is 6.68. The Kier molecular flexibility index (Phi) is 5.68. The van der Waals surface area contributed by atoms with Crippen molar-refractivity contribution in [2.75, 3.05) is 13.2 Å². The van der Waals surface area contributed by atoms with Gasteiger partial charge in [0.15, 0.2) is 0 Å². The highest BCUT2D eigenvalue weighted by molar-refractivity contribution is 7.66. The van der Waals surface area contributed by atoms with Gasteiger partial charge in [0.25, 0.3) is 5.91 Å². The smallest absolute Gasteiger partial charge is 0.334 e. The summed E-state index contributed by atoms with van der Waals surface area (Å²) in [7, 11) is 0. The van der Waals surface area contributed by atoms with Gasteiger partial charge in [0, 0.05) is 9.77 Å². The van der Waals surface area contributed by atoms with E-state index in [-0.39, 0.29) is 18.7 Å². The number of nitriles is 1. The van der Waals surface area contributed by atoms with Crippen molar-refractivity contribution in [1.82, 2.24) is 10.6 Å². The first-order valence-electron chi connectivity index (χ1n) is 8.17. The first-order chi connectivity index (χ1) is 12.6. The summed E-state index contributed by atoms with van der Waals surface area (Å²) in [6.07, 6.45) is -0.330. The number of ether oxygens (including phenoxy) is 1. The molecule has 7 heteroatoms. The van der Waals surface area contributed by atoms with Gasteiger partial charge in [0.05, 0.1) is 24.8 Å². The minimum Gasteiger partial charge on any atom is -0.334 e. The second-order valence-electron chi connectivity index (χ2n) is 5.96. The molecule has 0 bridgehead atoms. The van der Waals surface area contributed by atoms with E-state index in [1.807, 2.05) is 31.2 Å². The first-order valence-corrected chi connectivity index (χ1v) is 8.97. The van der Waals surface area contributed by atoms with E-state index in [0.717, 1.165) is 16.7 Å². The Morgan fingerprint density at radius 2 is 2.08 bits per heavy atom. The molecule has 1 amide bonds. The highest BCUT2D eigenvalue weighted by Crippen LogP contribution is 2.26. The largest absolute Gasteiger partial charge is 0.494 e. The fourth-order valence-corrected chi connectivity index (χ4v) is 3.17. The minimum atomic E-state index is -0.426. The Hall–Kier alpha value is -2.66. The van der Waals surface area contributed by atoms with Crippen LogP contribution in [0.15, 0.2) is 42.5 Å². The maximum atomic E-state index is 12.7. The molecule has 2 aromatic carbocycles. The quantitative estimate of drug-likeness (QED) is 0.805. The molecule has 1 aliphatic rings. The molecule has 0 spiro atoms. The Bertz CT molecular complexity index is 853. The van der Waals surface area contributed by atoms with Crippen LogP contribution >= 0.6 is 0 Å². The van der Waals surface area contributed by atoms with E-state index in [2.05, 4.69) is 16.7 Å². The van der Waals surface area contributed by atoms with Crippen molar-refractivity contribution in [3.8, 4) is 17.2 Å². The van der Waals surface area contributed by atoms with Crippen LogP contribution in [-0.2, 0) is 20.6 Å². The molecule has 2 unspecified atom stereocenters. The SMILES string of the molecule is Cc1c(C(=O)NC2COC([S+]=O)CN2)cccc1-c1ccc(C#N)cc1. The van der Waals surface area contributed by atoms with Crippen LogP contribution in [0.25, 0.3) is 11.1 Å². The topological polar surface area (TPSA) is 91.2 Å². The van der Waals surface area contributed by atoms with E-state index in [1.54, 1.807) is 18.2 Å². The average molecular weight is 368 g/mol. The molecule has 1 heterocycles. The monoisotopic (exact) mass is 368 g/mol. The van der Waals surface area contributed by atoms with Crippen LogP contribution < -0.4 is 10.6 Å². The van der Waals surface area contributed by atoms with Gasteiger partial charge in [0.2, 0.25) is 0 Å². The Morgan fingerprint density at radius 3 is 2.69 bits per heavy atom. The molecular weight excluding hydrogens is 350 g/mol. The number of nitrogens with one attached hydrogen (secondary N) is 2. The first kappa shape index (κ1) is 18.1. The third-order valence-corrected chi connectivity index (χ3v) is 4.81. The molecule has 1 aliphatic heterocycles. The van der Waals surface area contributed by atoms with Gasteiger partial charge in [-0.05, 0) is 41.8 Å². The normalized spacial score (nSPS) is 19.4. The Morgan fingerprint density at radius 1 is 1.31 bits per heavy atom. The number of amides is 1. The standard InChI is InChI=1S/C19H17N3O3S/c1-12-15(14-7-5-13(9-20)6-8-14)3-2-4-16(12)19(23)22-17-11-25-18(26-24)10-21-17/h2-8,17-18,21H,10-11H2,1H3/p+1. The number of hydrogen-bond donors (Lipinski definition) is 2. The molecule has 0 aromatic heterocycles. The molecular formula is C19H18N3O3S+. The molecule has 6 nitrogen and oxygen atoms in total. The van der Waals surface area contributed by atoms with Gasteiger partial charge >= 0.3 is 17.1 Å². The average Bonchev–Trinajstić information content (AvgIpc) is 2.69. The van der Waals surface area contributed by atoms with E-state index in [4.69, 9.17) is 10.00 Å². The molecule has 2 N–H and O–H groups in total. The van der Waals surface area contributed by atoms with Crippen molar-refractivity contribution in [2.45, 2.75) is 18.5 Å². The number of carbonyl (C=O) groups is 1. The van der Waals surface area contributed by atoms with Gasteiger partial charge in [-0.1, -0.05) is 24.3 Å². The van der Waals surface area contributed by atoms with Crippen LogP contribution in [-0.4, -0.2) is 30.7 Å². The zero-order valence-corrected chi connectivity index (χ0v) is 15.0. The van der Waals surface area contributed by atoms with Crippen molar-refractivity contribution >= 4 is 17.6 Å². The lowest BCUT2D eigenvalue weighted by Crippen LogP contribution is -2.55. The minimum absolute atomic E-state index is 0.202. The van der Waals surface area contributed by atoms with Gasteiger partial charge in [-0.25, -0.2) is 0 Å². The highest BCUT2D eigenvalue weighted by Gasteiger charge is 2.30. The third kappa shape index (κ3) is 3.94. The fourth-order valence-electron chi connectivity index (χ4n) is 2.87. The Labute approximate surface area is 155 Å². The van der Waals surface area contributed by atoms with Crippen LogP contribution in [0.5, 0.6) is 0 Å². The maximum absolute atomic E-state index is 12.7. The number of morpholine rings is 1. The maximum Gasteiger partial charge on any atom is 0.494 e. The van der Waals surface area contributed by atoms with Gasteiger partial charge in [-0.15, -0.1) is 0 Å². The molecule has 1 fully saturated rings. The van der Waals surface area contributed by atoms with Crippen LogP contribution in [0, 0.1) is 18.3 Å². The van der Waals surface area contributed by atoms with Crippen molar-refractivity contribution < 1.29 is 13.7 Å². The third-order valence-electron chi connectivity index (χ3n) is 4.30. The fraction of sp³-hybridized carbons (Fsp3) is 0.263. The second kappa shape index (κ2) is 8.15. The van der Waals surface area contributed by atoms with Gasteiger partial charge in [-0.2, -0.15) is 5.26 Å². The lowest BCUT2D eigenvalue weighted by Gasteiger charge is -2.24. The summed E-state index contributed by atoms with van der Waals surface area (Å²) >= 11 is 0.400. The van der Waals surface area contributed by atoms with Gasteiger partial charge < -0.3 is 10.1 Å². The van der Waals surface area contributed by atoms with Crippen LogP contribution in [0.1, 0.15) is 21.5 Å². The van der Waals surface area contributed by atoms with Crippen molar-refractivity contribution in [1.29, 1.82) is 5.26 Å². The summed E-state index contributed by atoms with van der Waals surface area (Å²) in [5, 5.41) is 14.9. The van der Waals surface area contributed by atoms with Crippen LogP contribution in [0.2, 0.25) is 0 Å². The zero-order chi connectivity index (χ0) is 18.5. The Balaban J connectivity index is 1.77. The molecule has 2 atom stereocenters. The van der Waals surface area contributed by atoms with Crippen LogP contribution in [0.3, 0.4) is 0 Å². The molecule has 3 rings (SSSR count). The molecule has 0 saturated carbocycles. The number of nitrogens with zero attached hydrogens (tertiary/aromatic N) is 1. The highest BCUT2D eigenvalue weighted by atomic mass is 32.1. The molecule has 132 valence electrons. The van der Waals surface area contributed by atoms with E-state index < -0.39 is 5.44 Å². The van der Waals surface area contributed by atoms with Crippen molar-refractivity contribution in [3.05, 3.63) is 59.2 Å². The molecule has 26 heavy (non-hydrogen) atoms. The van der Waals surface area contributed by atoms with Gasteiger partial charge in [-0.3, -0.25) is 10.1 Å². The summed E-state index contributed by atoms with van der Waals surface area (Å²) in [6, 6.07) is 14.9. The lowest BCUT2D eigenvalue weighted by molar-refractivity contribution is 0.0411. The molecule has 1 saturated heterocycles. The summed E-state index contributed by atoms with van der Waals surface area (Å²) in [6.45, 7) is 2.54. The summed E-state index contributed by atoms with van der Waals surface area (Å²) in [5.74, 6) is -0.202. The molecule has 0 aliphatic carbocycles. The number of carbonyl (C=O) groups excluding carboxylic acids is 1. The number of benzene rings is 2. The molecule has 2 aromatic rings. The zero-order valence-electron chi connectivity index (χ0n) is 14.2. The predicted molar refractivity (Wildman–Crippen MR) is 98.4 cm³/mol. The lowest BCUT2D eigenvalue weighted by atomic mass is 9.95. The van der Waals surface area contributed by atoms with E-state index in [0.29, 0.717) is 29.3 Å². The summed E-state index contributed by atoms with van der Waals surface area (Å²) in [4.78, 5) is 12.7. The molecule has 0 radical (unpaired) electrons. The van der Waals surface area contributed by atoms with Crippen molar-refractivity contribution in [3.63, 3.8) is 0 Å². The number of rotatable bonds is 4. The van der Waals surface area contributed by atoms with Crippen molar-refractivity contribution in [2.24, 2.45) is 0 Å². The van der Waals surface area contributed by atoms with E-state index in [9.17, 15) is 9.00 Å². The van der Waals surface area contributed by atoms with E-state index in [1.165, 1.54) is 0 Å². The van der Waals surface area contributed by atoms with Gasteiger partial charge in [0.1, 0.15) is 6.17 Å². The number of hydrogen-bond acceptors (Lipinski definition) is 5.